The summed E-state index contributed by atoms with van der Waals surface area (Å²) >= 11 is 4.13. The Bertz CT molecular complexity index is 322. The minimum Gasteiger partial charge on any atom is -0.388 e. The van der Waals surface area contributed by atoms with Gasteiger partial charge in [-0.15, -0.1) is 0 Å². The van der Waals surface area contributed by atoms with Gasteiger partial charge in [-0.1, -0.05) is 18.2 Å². The highest BCUT2D eigenvalue weighted by Gasteiger charge is 2.13. The van der Waals surface area contributed by atoms with Crippen molar-refractivity contribution in [3.63, 3.8) is 0 Å². The van der Waals surface area contributed by atoms with Gasteiger partial charge in [-0.3, -0.25) is 0 Å². The second-order valence-corrected chi connectivity index (χ2v) is 4.36. The molecule has 0 bridgehead atoms. The van der Waals surface area contributed by atoms with Crippen LogP contribution in [-0.2, 0) is 12.8 Å². The Hall–Kier alpha value is -0.470. The van der Waals surface area contributed by atoms with E-state index in [2.05, 4.69) is 30.8 Å². The molecule has 14 heavy (non-hydrogen) atoms. The molecule has 76 valence electrons. The molecule has 2 rings (SSSR count). The minimum absolute atomic E-state index is 0.335. The molecule has 0 spiro atoms. The van der Waals surface area contributed by atoms with Crippen LogP contribution in [0.25, 0.3) is 0 Å². The predicted molar refractivity (Wildman–Crippen MR) is 61.9 cm³/mol. The van der Waals surface area contributed by atoms with Crippen LogP contribution in [0.4, 0.5) is 0 Å². The molecule has 0 fully saturated rings. The van der Waals surface area contributed by atoms with Gasteiger partial charge in [0.1, 0.15) is 0 Å². The van der Waals surface area contributed by atoms with Gasteiger partial charge in [0.25, 0.3) is 0 Å². The van der Waals surface area contributed by atoms with Crippen LogP contribution in [0.1, 0.15) is 35.6 Å². The van der Waals surface area contributed by atoms with Gasteiger partial charge in [0.05, 0.1) is 6.10 Å². The fraction of sp³-hybridized carbons (Fsp3) is 0.500. The van der Waals surface area contributed by atoms with Gasteiger partial charge in [0, 0.05) is 0 Å². The monoisotopic (exact) mass is 208 g/mol. The highest BCUT2D eigenvalue weighted by atomic mass is 32.1. The molecule has 0 amide bonds. The maximum absolute atomic E-state index is 9.80. The van der Waals surface area contributed by atoms with Crippen LogP contribution < -0.4 is 0 Å². The molecule has 1 aromatic carbocycles. The van der Waals surface area contributed by atoms with E-state index >= 15 is 0 Å². The summed E-state index contributed by atoms with van der Waals surface area (Å²) in [7, 11) is 0. The SMILES string of the molecule is OC(CCS)c1ccc2c(c1)CCC2. The minimum atomic E-state index is -0.335. The first-order chi connectivity index (χ1) is 6.81. The topological polar surface area (TPSA) is 20.2 Å². The number of fused-ring (bicyclic) bond motifs is 1. The molecule has 1 aromatic rings. The lowest BCUT2D eigenvalue weighted by molar-refractivity contribution is 0.175. The summed E-state index contributed by atoms with van der Waals surface area (Å²) in [5.41, 5.74) is 3.95. The average molecular weight is 208 g/mol. The lowest BCUT2D eigenvalue weighted by atomic mass is 10.0. The zero-order valence-corrected chi connectivity index (χ0v) is 9.13. The molecule has 1 aliphatic carbocycles. The van der Waals surface area contributed by atoms with Gasteiger partial charge < -0.3 is 5.11 Å². The van der Waals surface area contributed by atoms with E-state index in [1.807, 2.05) is 0 Å². The smallest absolute Gasteiger partial charge is 0.0797 e. The van der Waals surface area contributed by atoms with Crippen LogP contribution in [0.3, 0.4) is 0 Å². The zero-order valence-electron chi connectivity index (χ0n) is 8.24. The van der Waals surface area contributed by atoms with Crippen molar-refractivity contribution in [3.8, 4) is 0 Å². The van der Waals surface area contributed by atoms with E-state index in [0.717, 1.165) is 17.7 Å². The highest BCUT2D eigenvalue weighted by molar-refractivity contribution is 7.80. The average Bonchev–Trinajstić information content (AvgIpc) is 2.64. The van der Waals surface area contributed by atoms with E-state index in [-0.39, 0.29) is 6.10 Å². The Morgan fingerprint density at radius 1 is 1.29 bits per heavy atom. The molecule has 0 heterocycles. The van der Waals surface area contributed by atoms with Crippen LogP contribution in [-0.4, -0.2) is 10.9 Å². The summed E-state index contributed by atoms with van der Waals surface area (Å²) < 4.78 is 0. The van der Waals surface area contributed by atoms with E-state index in [0.29, 0.717) is 0 Å². The maximum atomic E-state index is 9.80. The number of thiol groups is 1. The standard InChI is InChI=1S/C12H16OS/c13-12(6-7-14)11-5-4-9-2-1-3-10(9)8-11/h4-5,8,12-14H,1-3,6-7H2. The molecule has 0 saturated carbocycles. The molecular formula is C12H16OS. The van der Waals surface area contributed by atoms with E-state index in [9.17, 15) is 5.11 Å². The van der Waals surface area contributed by atoms with Crippen molar-refractivity contribution < 1.29 is 5.11 Å². The first-order valence-corrected chi connectivity index (χ1v) is 5.85. The largest absolute Gasteiger partial charge is 0.388 e. The fourth-order valence-electron chi connectivity index (χ4n) is 2.09. The Labute approximate surface area is 90.6 Å². The third-order valence-electron chi connectivity index (χ3n) is 2.91. The summed E-state index contributed by atoms with van der Waals surface area (Å²) in [4.78, 5) is 0. The normalized spacial score (nSPS) is 16.7. The highest BCUT2D eigenvalue weighted by Crippen LogP contribution is 2.26. The Kier molecular flexibility index (Phi) is 3.14. The number of aryl methyl sites for hydroxylation is 2. The van der Waals surface area contributed by atoms with Gasteiger partial charge in [-0.05, 0) is 48.1 Å². The van der Waals surface area contributed by atoms with E-state index in [4.69, 9.17) is 0 Å². The quantitative estimate of drug-likeness (QED) is 0.731. The van der Waals surface area contributed by atoms with Crippen molar-refractivity contribution in [1.82, 2.24) is 0 Å². The van der Waals surface area contributed by atoms with E-state index in [1.165, 1.54) is 30.4 Å². The maximum Gasteiger partial charge on any atom is 0.0797 e. The molecule has 0 aromatic heterocycles. The van der Waals surface area contributed by atoms with Crippen molar-refractivity contribution in [2.24, 2.45) is 0 Å². The van der Waals surface area contributed by atoms with Crippen molar-refractivity contribution >= 4 is 12.6 Å². The summed E-state index contributed by atoms with van der Waals surface area (Å²) in [6.45, 7) is 0. The molecule has 1 aliphatic rings. The number of aliphatic hydroxyl groups excluding tert-OH is 1. The summed E-state index contributed by atoms with van der Waals surface area (Å²) in [6.07, 6.45) is 4.05. The third kappa shape index (κ3) is 1.96. The molecular weight excluding hydrogens is 192 g/mol. The molecule has 1 nitrogen and oxygen atoms in total. The number of hydrogen-bond acceptors (Lipinski definition) is 2. The molecule has 1 unspecified atom stereocenters. The van der Waals surface area contributed by atoms with Crippen LogP contribution >= 0.6 is 12.6 Å². The third-order valence-corrected chi connectivity index (χ3v) is 3.17. The van der Waals surface area contributed by atoms with E-state index < -0.39 is 0 Å². The number of aliphatic hydroxyl groups is 1. The number of hydrogen-bond donors (Lipinski definition) is 2. The number of benzene rings is 1. The lowest BCUT2D eigenvalue weighted by Crippen LogP contribution is -1.99. The van der Waals surface area contributed by atoms with Gasteiger partial charge in [-0.2, -0.15) is 12.6 Å². The Morgan fingerprint density at radius 3 is 2.86 bits per heavy atom. The predicted octanol–water partition coefficient (Wildman–Crippen LogP) is 2.53. The first kappa shape index (κ1) is 10.1. The van der Waals surface area contributed by atoms with Crippen LogP contribution in [0.15, 0.2) is 18.2 Å². The van der Waals surface area contributed by atoms with Gasteiger partial charge in [0.2, 0.25) is 0 Å². The molecule has 2 heteroatoms. The van der Waals surface area contributed by atoms with Crippen molar-refractivity contribution in [3.05, 3.63) is 34.9 Å². The van der Waals surface area contributed by atoms with Gasteiger partial charge >= 0.3 is 0 Å². The van der Waals surface area contributed by atoms with Gasteiger partial charge in [-0.25, -0.2) is 0 Å². The first-order valence-electron chi connectivity index (χ1n) is 5.22. The summed E-state index contributed by atoms with van der Waals surface area (Å²) in [5, 5.41) is 9.80. The molecule has 0 aliphatic heterocycles. The zero-order chi connectivity index (χ0) is 9.97. The van der Waals surface area contributed by atoms with Crippen LogP contribution in [0.2, 0.25) is 0 Å². The molecule has 0 radical (unpaired) electrons. The fourth-order valence-corrected chi connectivity index (χ4v) is 2.33. The molecule has 0 saturated heterocycles. The second kappa shape index (κ2) is 4.37. The van der Waals surface area contributed by atoms with Crippen molar-refractivity contribution in [1.29, 1.82) is 0 Å². The summed E-state index contributed by atoms with van der Waals surface area (Å²) in [5.74, 6) is 0.734. The summed E-state index contributed by atoms with van der Waals surface area (Å²) in [6, 6.07) is 6.38. The Morgan fingerprint density at radius 2 is 2.07 bits per heavy atom. The van der Waals surface area contributed by atoms with E-state index in [1.54, 1.807) is 0 Å². The second-order valence-electron chi connectivity index (χ2n) is 3.91. The van der Waals surface area contributed by atoms with Crippen LogP contribution in [0, 0.1) is 0 Å². The Balaban J connectivity index is 2.19. The number of rotatable bonds is 3. The molecule has 1 atom stereocenters. The van der Waals surface area contributed by atoms with Gasteiger partial charge in [0.15, 0.2) is 0 Å². The van der Waals surface area contributed by atoms with Crippen molar-refractivity contribution in [2.75, 3.05) is 5.75 Å². The van der Waals surface area contributed by atoms with Crippen LogP contribution in [0.5, 0.6) is 0 Å². The lowest BCUT2D eigenvalue weighted by Gasteiger charge is -2.10. The van der Waals surface area contributed by atoms with Crippen molar-refractivity contribution in [2.45, 2.75) is 31.8 Å². The molecule has 1 N–H and O–H groups in total.